The topological polar surface area (TPSA) is 82.5 Å². The van der Waals surface area contributed by atoms with Gasteiger partial charge >= 0.3 is 6.09 Å². The van der Waals surface area contributed by atoms with Gasteiger partial charge in [-0.2, -0.15) is 0 Å². The Labute approximate surface area is 134 Å². The van der Waals surface area contributed by atoms with Crippen LogP contribution >= 0.6 is 0 Å². The molecule has 2 aromatic heterocycles. The van der Waals surface area contributed by atoms with Crippen molar-refractivity contribution in [1.29, 1.82) is 0 Å². The number of rotatable bonds is 3. The first-order valence-electron chi connectivity index (χ1n) is 7.58. The molecule has 7 nitrogen and oxygen atoms in total. The van der Waals surface area contributed by atoms with Crippen molar-refractivity contribution in [3.8, 4) is 11.3 Å². The second-order valence-corrected chi connectivity index (χ2v) is 5.62. The van der Waals surface area contributed by atoms with Crippen LogP contribution in [0.15, 0.2) is 36.9 Å². The van der Waals surface area contributed by atoms with Gasteiger partial charge in [0.15, 0.2) is 0 Å². The lowest BCUT2D eigenvalue weighted by Crippen LogP contribution is -2.45. The van der Waals surface area contributed by atoms with Crippen molar-refractivity contribution in [2.75, 3.05) is 25.0 Å². The van der Waals surface area contributed by atoms with E-state index in [1.165, 1.54) is 11.2 Å². The Bertz CT molecular complexity index is 671. The van der Waals surface area contributed by atoms with Gasteiger partial charge in [-0.3, -0.25) is 0 Å². The first-order valence-corrected chi connectivity index (χ1v) is 7.58. The van der Waals surface area contributed by atoms with Gasteiger partial charge in [0.05, 0.1) is 5.69 Å². The smallest absolute Gasteiger partial charge is 0.407 e. The largest absolute Gasteiger partial charge is 0.465 e. The lowest BCUT2D eigenvalue weighted by molar-refractivity contribution is 0.131. The predicted octanol–water partition coefficient (Wildman–Crippen LogP) is 2.12. The molecular formula is C16H19N5O2. The Hall–Kier alpha value is -2.70. The molecule has 0 unspecified atom stereocenters. The molecule has 0 aliphatic carbocycles. The van der Waals surface area contributed by atoms with Gasteiger partial charge in [-0.25, -0.2) is 19.7 Å². The van der Waals surface area contributed by atoms with E-state index in [1.54, 1.807) is 19.4 Å². The summed E-state index contributed by atoms with van der Waals surface area (Å²) < 4.78 is 0. The molecular weight excluding hydrogens is 294 g/mol. The maximum Gasteiger partial charge on any atom is 0.407 e. The van der Waals surface area contributed by atoms with E-state index in [2.05, 4.69) is 19.9 Å². The molecule has 1 saturated heterocycles. The van der Waals surface area contributed by atoms with Gasteiger partial charge in [-0.1, -0.05) is 6.07 Å². The van der Waals surface area contributed by atoms with Crippen LogP contribution in [0.5, 0.6) is 0 Å². The molecule has 3 rings (SSSR count). The minimum atomic E-state index is -0.868. The standard InChI is InChI=1S/C16H19N5O2/c1-20(16(22)23)13-5-7-21(8-6-13)15-4-2-3-14(19-15)12-9-17-11-18-10-12/h2-4,9-11,13H,5-8H2,1H3,(H,22,23). The highest BCUT2D eigenvalue weighted by Crippen LogP contribution is 2.23. The van der Waals surface area contributed by atoms with Crippen LogP contribution in [0.1, 0.15) is 12.8 Å². The Kier molecular flexibility index (Phi) is 4.36. The zero-order valence-electron chi connectivity index (χ0n) is 13.0. The Morgan fingerprint density at radius 2 is 1.96 bits per heavy atom. The van der Waals surface area contributed by atoms with E-state index in [0.717, 1.165) is 43.0 Å². The van der Waals surface area contributed by atoms with E-state index in [1.807, 2.05) is 18.2 Å². The summed E-state index contributed by atoms with van der Waals surface area (Å²) in [6, 6.07) is 5.97. The number of hydrogen-bond donors (Lipinski definition) is 1. The Morgan fingerprint density at radius 1 is 1.26 bits per heavy atom. The van der Waals surface area contributed by atoms with E-state index in [4.69, 9.17) is 5.11 Å². The normalized spacial score (nSPS) is 15.4. The van der Waals surface area contributed by atoms with E-state index >= 15 is 0 Å². The quantitative estimate of drug-likeness (QED) is 0.934. The number of hydrogen-bond acceptors (Lipinski definition) is 5. The molecule has 2 aromatic rings. The second-order valence-electron chi connectivity index (χ2n) is 5.62. The average Bonchev–Trinajstić information content (AvgIpc) is 2.62. The number of piperidine rings is 1. The highest BCUT2D eigenvalue weighted by Gasteiger charge is 2.25. The van der Waals surface area contributed by atoms with E-state index in [-0.39, 0.29) is 6.04 Å². The molecule has 120 valence electrons. The number of carbonyl (C=O) groups is 1. The maximum absolute atomic E-state index is 11.0. The molecule has 1 fully saturated rings. The second kappa shape index (κ2) is 6.60. The molecule has 3 heterocycles. The van der Waals surface area contributed by atoms with Crippen LogP contribution < -0.4 is 4.90 Å². The summed E-state index contributed by atoms with van der Waals surface area (Å²) in [5, 5.41) is 9.07. The van der Waals surface area contributed by atoms with E-state index in [0.29, 0.717) is 0 Å². The zero-order chi connectivity index (χ0) is 16.2. The number of carboxylic acid groups (broad SMARTS) is 1. The highest BCUT2D eigenvalue weighted by molar-refractivity contribution is 5.65. The lowest BCUT2D eigenvalue weighted by atomic mass is 10.0. The van der Waals surface area contributed by atoms with Crippen LogP contribution in [-0.2, 0) is 0 Å². The summed E-state index contributed by atoms with van der Waals surface area (Å²) in [5.74, 6) is 0.905. The van der Waals surface area contributed by atoms with Crippen molar-refractivity contribution < 1.29 is 9.90 Å². The van der Waals surface area contributed by atoms with Crippen LogP contribution in [-0.4, -0.2) is 57.2 Å². The summed E-state index contributed by atoms with van der Waals surface area (Å²) in [6.45, 7) is 1.59. The van der Waals surface area contributed by atoms with Crippen molar-refractivity contribution in [3.63, 3.8) is 0 Å². The minimum absolute atomic E-state index is 0.0782. The Balaban J connectivity index is 1.71. The third kappa shape index (κ3) is 3.39. The van der Waals surface area contributed by atoms with Crippen LogP contribution in [0.3, 0.4) is 0 Å². The molecule has 0 atom stereocenters. The summed E-state index contributed by atoms with van der Waals surface area (Å²) >= 11 is 0. The molecule has 0 spiro atoms. The van der Waals surface area contributed by atoms with Crippen LogP contribution in [0, 0.1) is 0 Å². The Morgan fingerprint density at radius 3 is 2.61 bits per heavy atom. The molecule has 0 aromatic carbocycles. The number of pyridine rings is 1. The van der Waals surface area contributed by atoms with Crippen LogP contribution in [0.4, 0.5) is 10.6 Å². The van der Waals surface area contributed by atoms with Crippen molar-refractivity contribution in [2.45, 2.75) is 18.9 Å². The fraction of sp³-hybridized carbons (Fsp3) is 0.375. The highest BCUT2D eigenvalue weighted by atomic mass is 16.4. The summed E-state index contributed by atoms with van der Waals surface area (Å²) in [5.41, 5.74) is 1.72. The van der Waals surface area contributed by atoms with Crippen LogP contribution in [0.2, 0.25) is 0 Å². The average molecular weight is 313 g/mol. The first kappa shape index (κ1) is 15.2. The summed E-state index contributed by atoms with van der Waals surface area (Å²) in [7, 11) is 1.64. The third-order valence-corrected chi connectivity index (χ3v) is 4.23. The van der Waals surface area contributed by atoms with Crippen molar-refractivity contribution in [2.24, 2.45) is 0 Å². The van der Waals surface area contributed by atoms with E-state index in [9.17, 15) is 4.79 Å². The van der Waals surface area contributed by atoms with Gasteiger partial charge in [0.25, 0.3) is 0 Å². The van der Waals surface area contributed by atoms with Gasteiger partial charge < -0.3 is 14.9 Å². The van der Waals surface area contributed by atoms with Crippen LogP contribution in [0.25, 0.3) is 11.3 Å². The van der Waals surface area contributed by atoms with Crippen molar-refractivity contribution in [3.05, 3.63) is 36.9 Å². The van der Waals surface area contributed by atoms with Gasteiger partial charge in [-0.05, 0) is 25.0 Å². The number of nitrogens with zero attached hydrogens (tertiary/aromatic N) is 5. The van der Waals surface area contributed by atoms with E-state index < -0.39 is 6.09 Å². The lowest BCUT2D eigenvalue weighted by Gasteiger charge is -2.36. The number of aromatic nitrogens is 3. The number of anilines is 1. The molecule has 0 radical (unpaired) electrons. The molecule has 0 bridgehead atoms. The maximum atomic E-state index is 11.0. The predicted molar refractivity (Wildman–Crippen MR) is 86.3 cm³/mol. The summed E-state index contributed by atoms with van der Waals surface area (Å²) in [6.07, 6.45) is 5.73. The van der Waals surface area contributed by atoms with Crippen molar-refractivity contribution >= 4 is 11.9 Å². The fourth-order valence-corrected chi connectivity index (χ4v) is 2.83. The van der Waals surface area contributed by atoms with Gasteiger partial charge in [-0.15, -0.1) is 0 Å². The molecule has 23 heavy (non-hydrogen) atoms. The minimum Gasteiger partial charge on any atom is -0.465 e. The van der Waals surface area contributed by atoms with Crippen molar-refractivity contribution in [1.82, 2.24) is 19.9 Å². The first-order chi connectivity index (χ1) is 11.1. The molecule has 1 aliphatic heterocycles. The monoisotopic (exact) mass is 313 g/mol. The molecule has 1 N–H and O–H groups in total. The fourth-order valence-electron chi connectivity index (χ4n) is 2.83. The summed E-state index contributed by atoms with van der Waals surface area (Å²) in [4.78, 5) is 27.4. The molecule has 1 amide bonds. The molecule has 7 heteroatoms. The molecule has 0 saturated carbocycles. The van der Waals surface area contributed by atoms with Gasteiger partial charge in [0.1, 0.15) is 12.1 Å². The third-order valence-electron chi connectivity index (χ3n) is 4.23. The SMILES string of the molecule is CN(C(=O)O)C1CCN(c2cccc(-c3cncnc3)n2)CC1. The van der Waals surface area contributed by atoms with Gasteiger partial charge in [0, 0.05) is 44.1 Å². The zero-order valence-corrected chi connectivity index (χ0v) is 13.0. The molecule has 1 aliphatic rings. The van der Waals surface area contributed by atoms with Gasteiger partial charge in [0.2, 0.25) is 0 Å². The number of amides is 1.